The van der Waals surface area contributed by atoms with Crippen LogP contribution in [0.4, 0.5) is 0 Å². The first-order chi connectivity index (χ1) is 11.9. The van der Waals surface area contributed by atoms with Gasteiger partial charge in [-0.15, -0.1) is 0 Å². The average molecular weight is 379 g/mol. The molecule has 0 bridgehead atoms. The van der Waals surface area contributed by atoms with Crippen molar-refractivity contribution in [3.05, 3.63) is 35.9 Å². The van der Waals surface area contributed by atoms with E-state index in [1.165, 1.54) is 0 Å². The number of hydrogen-bond acceptors (Lipinski definition) is 4. The van der Waals surface area contributed by atoms with Crippen LogP contribution in [0.15, 0.2) is 30.3 Å². The fraction of sp³-hybridized carbons (Fsp3) is 0.667. The minimum absolute atomic E-state index is 0.0541. The van der Waals surface area contributed by atoms with Crippen molar-refractivity contribution in [2.45, 2.75) is 82.9 Å². The molecule has 0 spiro atoms. The molecule has 0 aliphatic heterocycles. The highest BCUT2D eigenvalue weighted by molar-refractivity contribution is 6.74. The van der Waals surface area contributed by atoms with Gasteiger partial charge >= 0.3 is 0 Å². The fourth-order valence-electron chi connectivity index (χ4n) is 3.15. The van der Waals surface area contributed by atoms with Crippen molar-refractivity contribution in [1.29, 1.82) is 0 Å². The van der Waals surface area contributed by atoms with E-state index in [2.05, 4.69) is 33.9 Å². The Morgan fingerprint density at radius 3 is 2.46 bits per heavy atom. The minimum Gasteiger partial charge on any atom is -0.413 e. The first kappa shape index (κ1) is 21.3. The lowest BCUT2D eigenvalue weighted by molar-refractivity contribution is -0.143. The van der Waals surface area contributed by atoms with E-state index in [0.717, 1.165) is 5.56 Å². The predicted molar refractivity (Wildman–Crippen MR) is 107 cm³/mol. The summed E-state index contributed by atoms with van der Waals surface area (Å²) in [5.41, 5.74) is -0.0851. The topological polar surface area (TPSA) is 55.8 Å². The van der Waals surface area contributed by atoms with E-state index in [9.17, 15) is 9.90 Å². The van der Waals surface area contributed by atoms with Crippen molar-refractivity contribution < 1.29 is 19.1 Å². The Morgan fingerprint density at radius 1 is 1.27 bits per heavy atom. The number of carbonyl (C=O) groups excluding carboxylic acids is 1. The van der Waals surface area contributed by atoms with Gasteiger partial charge in [-0.3, -0.25) is 4.79 Å². The third kappa shape index (κ3) is 5.49. The lowest BCUT2D eigenvalue weighted by atomic mass is 9.83. The van der Waals surface area contributed by atoms with Gasteiger partial charge in [-0.2, -0.15) is 0 Å². The van der Waals surface area contributed by atoms with Gasteiger partial charge in [-0.1, -0.05) is 51.1 Å². The summed E-state index contributed by atoms with van der Waals surface area (Å²) in [5, 5.41) is 11.1. The number of aliphatic hydroxyl groups is 1. The van der Waals surface area contributed by atoms with Crippen LogP contribution in [0, 0.1) is 0 Å². The molecule has 4 nitrogen and oxygen atoms in total. The molecule has 26 heavy (non-hydrogen) atoms. The van der Waals surface area contributed by atoms with Crippen LogP contribution in [0.3, 0.4) is 0 Å². The molecule has 5 heteroatoms. The van der Waals surface area contributed by atoms with Crippen LogP contribution < -0.4 is 0 Å². The third-order valence-electron chi connectivity index (χ3n) is 5.73. The SMILES string of the molecule is C[C@@H](OC[C@]1(O)CC(=O)CC(O[Si](C)(C)C(C)(C)C)C1)c1ccccc1. The van der Waals surface area contributed by atoms with Crippen molar-refractivity contribution in [3.63, 3.8) is 0 Å². The zero-order valence-electron chi connectivity index (χ0n) is 17.0. The maximum absolute atomic E-state index is 12.3. The van der Waals surface area contributed by atoms with E-state index in [1.807, 2.05) is 37.3 Å². The van der Waals surface area contributed by atoms with Gasteiger partial charge in [0.1, 0.15) is 5.78 Å². The van der Waals surface area contributed by atoms with Crippen molar-refractivity contribution in [2.24, 2.45) is 0 Å². The zero-order chi connectivity index (χ0) is 19.6. The smallest absolute Gasteiger partial charge is 0.192 e. The molecule has 0 aromatic heterocycles. The highest BCUT2D eigenvalue weighted by Crippen LogP contribution is 2.40. The Balaban J connectivity index is 2.00. The number of carbonyl (C=O) groups is 1. The van der Waals surface area contributed by atoms with Crippen molar-refractivity contribution >= 4 is 14.1 Å². The molecular weight excluding hydrogens is 344 g/mol. The summed E-state index contributed by atoms with van der Waals surface area (Å²) in [6.45, 7) is 13.0. The summed E-state index contributed by atoms with van der Waals surface area (Å²) in [6, 6.07) is 9.91. The molecule has 1 aliphatic carbocycles. The maximum Gasteiger partial charge on any atom is 0.192 e. The van der Waals surface area contributed by atoms with Gasteiger partial charge in [0, 0.05) is 19.3 Å². The minimum atomic E-state index is -1.99. The third-order valence-corrected chi connectivity index (χ3v) is 10.3. The molecule has 146 valence electrons. The van der Waals surface area contributed by atoms with Gasteiger partial charge in [0.2, 0.25) is 0 Å². The van der Waals surface area contributed by atoms with Crippen LogP contribution in [-0.4, -0.2) is 37.5 Å². The van der Waals surface area contributed by atoms with Crippen molar-refractivity contribution in [3.8, 4) is 0 Å². The van der Waals surface area contributed by atoms with Gasteiger partial charge in [0.05, 0.1) is 24.4 Å². The van der Waals surface area contributed by atoms with E-state index in [0.29, 0.717) is 12.8 Å². The lowest BCUT2D eigenvalue weighted by Gasteiger charge is -2.43. The second kappa shape index (κ2) is 7.93. The van der Waals surface area contributed by atoms with Crippen LogP contribution in [0.5, 0.6) is 0 Å². The maximum atomic E-state index is 12.3. The Bertz CT molecular complexity index is 608. The van der Waals surface area contributed by atoms with Crippen molar-refractivity contribution in [1.82, 2.24) is 0 Å². The number of hydrogen-bond donors (Lipinski definition) is 1. The highest BCUT2D eigenvalue weighted by atomic mass is 28.4. The molecule has 1 N–H and O–H groups in total. The van der Waals surface area contributed by atoms with Gasteiger partial charge in [0.15, 0.2) is 8.32 Å². The largest absolute Gasteiger partial charge is 0.413 e. The molecule has 1 saturated carbocycles. The van der Waals surface area contributed by atoms with Crippen LogP contribution in [-0.2, 0) is 14.0 Å². The first-order valence-corrected chi connectivity index (χ1v) is 12.4. The van der Waals surface area contributed by atoms with Crippen LogP contribution >= 0.6 is 0 Å². The fourth-order valence-corrected chi connectivity index (χ4v) is 4.50. The Labute approximate surface area is 159 Å². The van der Waals surface area contributed by atoms with Gasteiger partial charge in [-0.25, -0.2) is 0 Å². The van der Waals surface area contributed by atoms with E-state index in [4.69, 9.17) is 9.16 Å². The molecule has 1 unspecified atom stereocenters. The molecule has 1 aromatic rings. The van der Waals surface area contributed by atoms with Crippen LogP contribution in [0.2, 0.25) is 18.1 Å². The first-order valence-electron chi connectivity index (χ1n) is 9.50. The zero-order valence-corrected chi connectivity index (χ0v) is 18.0. The van der Waals surface area contributed by atoms with Crippen molar-refractivity contribution in [2.75, 3.05) is 6.61 Å². The number of rotatable bonds is 6. The standard InChI is InChI=1S/C21H34O4Si/c1-16(17-10-8-7-9-11-17)24-15-21(23)13-18(22)12-19(14-21)25-26(5,6)20(2,3)4/h7-11,16,19,23H,12-15H2,1-6H3/t16-,19?,21+/m1/s1. The number of Topliss-reactive ketones (excluding diaryl/α,β-unsaturated/α-hetero) is 1. The molecule has 3 atom stereocenters. The quantitative estimate of drug-likeness (QED) is 0.733. The summed E-state index contributed by atoms with van der Waals surface area (Å²) < 4.78 is 12.3. The lowest BCUT2D eigenvalue weighted by Crippen LogP contribution is -2.51. The highest BCUT2D eigenvalue weighted by Gasteiger charge is 2.45. The summed E-state index contributed by atoms with van der Waals surface area (Å²) in [6.07, 6.45) is 0.636. The second-order valence-corrected chi connectivity index (χ2v) is 14.0. The second-order valence-electron chi connectivity index (χ2n) is 9.21. The molecule has 0 radical (unpaired) electrons. The summed E-state index contributed by atoms with van der Waals surface area (Å²) in [5.74, 6) is 0.0541. The molecule has 1 aliphatic rings. The van der Waals surface area contributed by atoms with E-state index < -0.39 is 13.9 Å². The summed E-state index contributed by atoms with van der Waals surface area (Å²) in [7, 11) is -1.99. The Hall–Kier alpha value is -1.01. The average Bonchev–Trinajstić information content (AvgIpc) is 2.51. The van der Waals surface area contributed by atoms with Gasteiger partial charge in [-0.05, 0) is 30.6 Å². The van der Waals surface area contributed by atoms with E-state index in [1.54, 1.807) is 0 Å². The number of benzene rings is 1. The normalized spacial score (nSPS) is 26.0. The van der Waals surface area contributed by atoms with E-state index >= 15 is 0 Å². The molecule has 0 saturated heterocycles. The monoisotopic (exact) mass is 378 g/mol. The molecular formula is C21H34O4Si. The molecule has 2 rings (SSSR count). The predicted octanol–water partition coefficient (Wildman–Crippen LogP) is 4.64. The van der Waals surface area contributed by atoms with Gasteiger partial charge in [0.25, 0.3) is 0 Å². The summed E-state index contributed by atoms with van der Waals surface area (Å²) in [4.78, 5) is 12.3. The van der Waals surface area contributed by atoms with Gasteiger partial charge < -0.3 is 14.3 Å². The molecule has 0 heterocycles. The molecule has 0 amide bonds. The number of ether oxygens (including phenoxy) is 1. The van der Waals surface area contributed by atoms with Crippen LogP contribution in [0.1, 0.15) is 58.6 Å². The molecule has 1 aromatic carbocycles. The number of ketones is 1. The Kier molecular flexibility index (Phi) is 6.49. The molecule has 1 fully saturated rings. The summed E-state index contributed by atoms with van der Waals surface area (Å²) >= 11 is 0. The van der Waals surface area contributed by atoms with Crippen LogP contribution in [0.25, 0.3) is 0 Å². The Morgan fingerprint density at radius 2 is 1.88 bits per heavy atom. The van der Waals surface area contributed by atoms with E-state index in [-0.39, 0.29) is 36.1 Å².